The van der Waals surface area contributed by atoms with Gasteiger partial charge in [0.1, 0.15) is 0 Å². The molecule has 0 atom stereocenters. The van der Waals surface area contributed by atoms with Gasteiger partial charge in [-0.15, -0.1) is 11.3 Å². The first-order valence-corrected chi connectivity index (χ1v) is 7.25. The molecule has 0 radical (unpaired) electrons. The molecule has 0 N–H and O–H groups in total. The Bertz CT molecular complexity index is 608. The first-order valence-electron chi connectivity index (χ1n) is 6.43. The van der Waals surface area contributed by atoms with Gasteiger partial charge in [0.15, 0.2) is 0 Å². The number of thiazole rings is 1. The van der Waals surface area contributed by atoms with Gasteiger partial charge in [0, 0.05) is 6.42 Å². The van der Waals surface area contributed by atoms with Crippen molar-refractivity contribution in [3.8, 4) is 0 Å². The zero-order valence-corrected chi connectivity index (χ0v) is 11.7. The predicted octanol–water partition coefficient (Wildman–Crippen LogP) is 4.31. The van der Waals surface area contributed by atoms with Gasteiger partial charge in [-0.1, -0.05) is 29.8 Å². The molecule has 0 amide bonds. The van der Waals surface area contributed by atoms with Gasteiger partial charge in [0.05, 0.1) is 15.6 Å². The molecule has 3 rings (SSSR count). The van der Waals surface area contributed by atoms with Crippen LogP contribution in [0.15, 0.2) is 24.3 Å². The van der Waals surface area contributed by atoms with Crippen LogP contribution in [-0.4, -0.2) is 4.98 Å². The second-order valence-corrected chi connectivity index (χ2v) is 6.08. The molecule has 92 valence electrons. The first kappa shape index (κ1) is 11.7. The molecule has 0 fully saturated rings. The molecule has 0 unspecified atom stereocenters. The highest BCUT2D eigenvalue weighted by Gasteiger charge is 2.12. The summed E-state index contributed by atoms with van der Waals surface area (Å²) in [6.45, 7) is 4.33. The van der Waals surface area contributed by atoms with Crippen molar-refractivity contribution in [1.29, 1.82) is 0 Å². The average Bonchev–Trinajstić information content (AvgIpc) is 2.76. The highest BCUT2D eigenvalue weighted by molar-refractivity contribution is 7.12. The van der Waals surface area contributed by atoms with E-state index in [1.807, 2.05) is 11.3 Å². The van der Waals surface area contributed by atoms with Crippen molar-refractivity contribution in [2.24, 2.45) is 0 Å². The van der Waals surface area contributed by atoms with Gasteiger partial charge in [0.2, 0.25) is 0 Å². The number of fused-ring (bicyclic) bond motifs is 1. The SMILES string of the molecule is Cc1ccc(C)c(Cc2nc3c(s2)C=CCC3)c1. The Hall–Kier alpha value is -1.41. The van der Waals surface area contributed by atoms with Crippen LogP contribution >= 0.6 is 11.3 Å². The zero-order valence-electron chi connectivity index (χ0n) is 10.9. The highest BCUT2D eigenvalue weighted by Crippen LogP contribution is 2.27. The Kier molecular flexibility index (Phi) is 3.04. The second kappa shape index (κ2) is 4.69. The summed E-state index contributed by atoms with van der Waals surface area (Å²) in [5.41, 5.74) is 5.40. The van der Waals surface area contributed by atoms with E-state index in [2.05, 4.69) is 44.2 Å². The minimum absolute atomic E-state index is 0.971. The monoisotopic (exact) mass is 255 g/mol. The molecule has 1 aromatic carbocycles. The van der Waals surface area contributed by atoms with Gasteiger partial charge in [0.25, 0.3) is 0 Å². The van der Waals surface area contributed by atoms with E-state index in [1.165, 1.54) is 32.3 Å². The van der Waals surface area contributed by atoms with Crippen molar-refractivity contribution < 1.29 is 0 Å². The quantitative estimate of drug-likeness (QED) is 0.779. The van der Waals surface area contributed by atoms with Gasteiger partial charge in [-0.3, -0.25) is 0 Å². The maximum atomic E-state index is 4.78. The average molecular weight is 255 g/mol. The summed E-state index contributed by atoms with van der Waals surface area (Å²) in [6.07, 6.45) is 7.69. The molecule has 1 aromatic heterocycles. The van der Waals surface area contributed by atoms with Crippen LogP contribution in [0.2, 0.25) is 0 Å². The van der Waals surface area contributed by atoms with Crippen molar-refractivity contribution in [2.45, 2.75) is 33.1 Å². The first-order chi connectivity index (χ1) is 8.72. The lowest BCUT2D eigenvalue weighted by Crippen LogP contribution is -1.94. The fourth-order valence-electron chi connectivity index (χ4n) is 2.36. The normalized spacial score (nSPS) is 13.7. The van der Waals surface area contributed by atoms with Crippen LogP contribution in [0.25, 0.3) is 6.08 Å². The molecule has 1 aliphatic carbocycles. The Labute approximate surface area is 112 Å². The number of benzene rings is 1. The Morgan fingerprint density at radius 3 is 3.00 bits per heavy atom. The lowest BCUT2D eigenvalue weighted by atomic mass is 10.0. The number of hydrogen-bond donors (Lipinski definition) is 0. The van der Waals surface area contributed by atoms with Crippen LogP contribution in [0.4, 0.5) is 0 Å². The van der Waals surface area contributed by atoms with Crippen LogP contribution < -0.4 is 0 Å². The zero-order chi connectivity index (χ0) is 12.5. The van der Waals surface area contributed by atoms with Crippen molar-refractivity contribution in [3.63, 3.8) is 0 Å². The molecule has 18 heavy (non-hydrogen) atoms. The van der Waals surface area contributed by atoms with Crippen molar-refractivity contribution in [3.05, 3.63) is 56.5 Å². The van der Waals surface area contributed by atoms with Crippen molar-refractivity contribution >= 4 is 17.4 Å². The van der Waals surface area contributed by atoms with E-state index in [4.69, 9.17) is 4.98 Å². The van der Waals surface area contributed by atoms with Gasteiger partial charge in [-0.2, -0.15) is 0 Å². The molecular formula is C16H17NS. The lowest BCUT2D eigenvalue weighted by molar-refractivity contribution is 0.929. The lowest BCUT2D eigenvalue weighted by Gasteiger charge is -2.04. The van der Waals surface area contributed by atoms with Crippen molar-refractivity contribution in [1.82, 2.24) is 4.98 Å². The summed E-state index contributed by atoms with van der Waals surface area (Å²) >= 11 is 1.85. The van der Waals surface area contributed by atoms with Gasteiger partial charge in [-0.25, -0.2) is 4.98 Å². The Balaban J connectivity index is 1.90. The van der Waals surface area contributed by atoms with Crippen LogP contribution in [0, 0.1) is 13.8 Å². The van der Waals surface area contributed by atoms with Crippen molar-refractivity contribution in [2.75, 3.05) is 0 Å². The van der Waals surface area contributed by atoms with Gasteiger partial charge >= 0.3 is 0 Å². The van der Waals surface area contributed by atoms with E-state index in [9.17, 15) is 0 Å². The fraction of sp³-hybridized carbons (Fsp3) is 0.312. The molecule has 1 heterocycles. The van der Waals surface area contributed by atoms with E-state index in [-0.39, 0.29) is 0 Å². The summed E-state index contributed by atoms with van der Waals surface area (Å²) in [5, 5.41) is 1.25. The molecule has 0 saturated heterocycles. The molecule has 0 saturated carbocycles. The minimum Gasteiger partial charge on any atom is -0.245 e. The molecule has 0 bridgehead atoms. The van der Waals surface area contributed by atoms with Gasteiger partial charge < -0.3 is 0 Å². The van der Waals surface area contributed by atoms with Crippen LogP contribution in [0.1, 0.15) is 38.7 Å². The van der Waals surface area contributed by atoms with E-state index in [0.717, 1.165) is 19.3 Å². The molecule has 2 heteroatoms. The molecule has 1 nitrogen and oxygen atoms in total. The van der Waals surface area contributed by atoms with E-state index in [0.29, 0.717) is 0 Å². The summed E-state index contributed by atoms with van der Waals surface area (Å²) in [5.74, 6) is 0. The number of aromatic nitrogens is 1. The standard InChI is InChI=1S/C16H17NS/c1-11-7-8-12(2)13(9-11)10-16-17-14-5-3-4-6-15(14)18-16/h4,6-9H,3,5,10H2,1-2H3. The number of aryl methyl sites for hydroxylation is 3. The third-order valence-electron chi connectivity index (χ3n) is 3.44. The maximum Gasteiger partial charge on any atom is 0.0978 e. The smallest absolute Gasteiger partial charge is 0.0978 e. The largest absolute Gasteiger partial charge is 0.245 e. The van der Waals surface area contributed by atoms with Crippen LogP contribution in [0.3, 0.4) is 0 Å². The minimum atomic E-state index is 0.971. The molecule has 0 aliphatic heterocycles. The second-order valence-electron chi connectivity index (χ2n) is 4.97. The number of nitrogens with zero attached hydrogens (tertiary/aromatic N) is 1. The Morgan fingerprint density at radius 2 is 2.17 bits per heavy atom. The summed E-state index contributed by atoms with van der Waals surface area (Å²) in [7, 11) is 0. The van der Waals surface area contributed by atoms with E-state index >= 15 is 0 Å². The maximum absolute atomic E-state index is 4.78. The van der Waals surface area contributed by atoms with Crippen LogP contribution in [-0.2, 0) is 12.8 Å². The predicted molar refractivity (Wildman–Crippen MR) is 78.2 cm³/mol. The van der Waals surface area contributed by atoms with Gasteiger partial charge in [-0.05, 0) is 43.9 Å². The molecular weight excluding hydrogens is 238 g/mol. The number of hydrogen-bond acceptors (Lipinski definition) is 2. The van der Waals surface area contributed by atoms with Crippen LogP contribution in [0.5, 0.6) is 0 Å². The molecule has 2 aromatic rings. The third-order valence-corrected chi connectivity index (χ3v) is 4.50. The summed E-state index contributed by atoms with van der Waals surface area (Å²) in [6, 6.07) is 6.66. The van der Waals surface area contributed by atoms with E-state index < -0.39 is 0 Å². The summed E-state index contributed by atoms with van der Waals surface area (Å²) < 4.78 is 0. The highest BCUT2D eigenvalue weighted by atomic mass is 32.1. The fourth-order valence-corrected chi connectivity index (χ4v) is 3.43. The third kappa shape index (κ3) is 2.25. The number of allylic oxidation sites excluding steroid dienone is 1. The number of rotatable bonds is 2. The Morgan fingerprint density at radius 1 is 1.28 bits per heavy atom. The van der Waals surface area contributed by atoms with E-state index in [1.54, 1.807) is 0 Å². The molecule has 0 spiro atoms. The molecule has 1 aliphatic rings. The topological polar surface area (TPSA) is 12.9 Å². The summed E-state index contributed by atoms with van der Waals surface area (Å²) in [4.78, 5) is 6.15.